The van der Waals surface area contributed by atoms with E-state index in [1.807, 2.05) is 6.07 Å². The molecule has 0 saturated heterocycles. The van der Waals surface area contributed by atoms with Crippen molar-refractivity contribution in [2.45, 2.75) is 38.8 Å². The lowest BCUT2D eigenvalue weighted by Crippen LogP contribution is -2.22. The highest BCUT2D eigenvalue weighted by atomic mass is 19.4. The lowest BCUT2D eigenvalue weighted by atomic mass is 9.89. The number of benzene rings is 2. The summed E-state index contributed by atoms with van der Waals surface area (Å²) in [4.78, 5) is 11.6. The summed E-state index contributed by atoms with van der Waals surface area (Å²) in [5.74, 6) is 0.00638. The van der Waals surface area contributed by atoms with Gasteiger partial charge in [-0.25, -0.2) is 0 Å². The Kier molecular flexibility index (Phi) is 6.36. The Morgan fingerprint density at radius 2 is 2.07 bits per heavy atom. The van der Waals surface area contributed by atoms with Gasteiger partial charge in [-0.05, 0) is 54.3 Å². The SMILES string of the molecule is C=CC(=O)NCc1cc(-c2ccc(OC(F)(F)F)cc2)c2c(c1C[C@@H](C)O)CCO2. The Hall–Kier alpha value is -3.00. The molecule has 1 heterocycles. The molecule has 160 valence electrons. The Labute approximate surface area is 172 Å². The van der Waals surface area contributed by atoms with Crippen molar-refractivity contribution < 1.29 is 32.5 Å². The molecular weight excluding hydrogens is 399 g/mol. The molecule has 30 heavy (non-hydrogen) atoms. The van der Waals surface area contributed by atoms with Gasteiger partial charge in [0, 0.05) is 24.1 Å². The highest BCUT2D eigenvalue weighted by molar-refractivity contribution is 5.87. The van der Waals surface area contributed by atoms with E-state index in [1.54, 1.807) is 6.92 Å². The molecule has 1 amide bonds. The van der Waals surface area contributed by atoms with Gasteiger partial charge in [-0.1, -0.05) is 18.7 Å². The van der Waals surface area contributed by atoms with Gasteiger partial charge in [0.2, 0.25) is 5.91 Å². The normalized spacial score (nSPS) is 13.9. The number of amides is 1. The van der Waals surface area contributed by atoms with Gasteiger partial charge in [0.05, 0.1) is 12.7 Å². The predicted molar refractivity (Wildman–Crippen MR) is 105 cm³/mol. The van der Waals surface area contributed by atoms with E-state index in [0.29, 0.717) is 36.3 Å². The third-order valence-corrected chi connectivity index (χ3v) is 4.72. The molecule has 5 nitrogen and oxygen atoms in total. The summed E-state index contributed by atoms with van der Waals surface area (Å²) in [6.45, 7) is 5.81. The third-order valence-electron chi connectivity index (χ3n) is 4.72. The molecule has 0 spiro atoms. The highest BCUT2D eigenvalue weighted by Gasteiger charge is 2.31. The number of ether oxygens (including phenoxy) is 2. The van der Waals surface area contributed by atoms with Crippen molar-refractivity contribution in [1.82, 2.24) is 5.32 Å². The number of alkyl halides is 3. The van der Waals surface area contributed by atoms with E-state index in [9.17, 15) is 23.1 Å². The second kappa shape index (κ2) is 8.79. The summed E-state index contributed by atoms with van der Waals surface area (Å²) in [5, 5.41) is 12.7. The Balaban J connectivity index is 2.03. The molecule has 0 saturated carbocycles. The lowest BCUT2D eigenvalue weighted by molar-refractivity contribution is -0.274. The van der Waals surface area contributed by atoms with Crippen molar-refractivity contribution in [3.8, 4) is 22.6 Å². The molecule has 0 radical (unpaired) electrons. The minimum Gasteiger partial charge on any atom is -0.492 e. The van der Waals surface area contributed by atoms with Gasteiger partial charge >= 0.3 is 6.36 Å². The number of fused-ring (bicyclic) bond motifs is 1. The average molecular weight is 421 g/mol. The number of carbonyl (C=O) groups is 1. The van der Waals surface area contributed by atoms with Crippen molar-refractivity contribution >= 4 is 5.91 Å². The van der Waals surface area contributed by atoms with Gasteiger partial charge in [-0.15, -0.1) is 13.2 Å². The zero-order valence-electron chi connectivity index (χ0n) is 16.4. The van der Waals surface area contributed by atoms with Crippen LogP contribution in [0.5, 0.6) is 11.5 Å². The molecule has 8 heteroatoms. The molecule has 0 aliphatic carbocycles. The van der Waals surface area contributed by atoms with Crippen LogP contribution in [0.3, 0.4) is 0 Å². The number of aliphatic hydroxyl groups excluding tert-OH is 1. The number of hydrogen-bond acceptors (Lipinski definition) is 4. The van der Waals surface area contributed by atoms with Gasteiger partial charge in [-0.3, -0.25) is 4.79 Å². The van der Waals surface area contributed by atoms with Crippen LogP contribution < -0.4 is 14.8 Å². The summed E-state index contributed by atoms with van der Waals surface area (Å²) >= 11 is 0. The van der Waals surface area contributed by atoms with E-state index >= 15 is 0 Å². The van der Waals surface area contributed by atoms with E-state index in [1.165, 1.54) is 30.3 Å². The minimum absolute atomic E-state index is 0.225. The summed E-state index contributed by atoms with van der Waals surface area (Å²) < 4.78 is 47.0. The molecule has 2 aromatic rings. The number of aliphatic hydroxyl groups is 1. The zero-order chi connectivity index (χ0) is 21.9. The fourth-order valence-electron chi connectivity index (χ4n) is 3.52. The number of hydrogen-bond donors (Lipinski definition) is 2. The van der Waals surface area contributed by atoms with Gasteiger partial charge in [0.1, 0.15) is 11.5 Å². The van der Waals surface area contributed by atoms with Crippen LogP contribution in [0.15, 0.2) is 43.0 Å². The summed E-state index contributed by atoms with van der Waals surface area (Å²) in [7, 11) is 0. The van der Waals surface area contributed by atoms with Gasteiger partial charge in [0.25, 0.3) is 0 Å². The van der Waals surface area contributed by atoms with Crippen LogP contribution in [0.2, 0.25) is 0 Å². The van der Waals surface area contributed by atoms with Crippen LogP contribution >= 0.6 is 0 Å². The fourth-order valence-corrected chi connectivity index (χ4v) is 3.52. The Morgan fingerprint density at radius 3 is 2.67 bits per heavy atom. The first-order valence-electron chi connectivity index (χ1n) is 9.43. The third kappa shape index (κ3) is 5.13. The maximum atomic E-state index is 12.4. The smallest absolute Gasteiger partial charge is 0.492 e. The molecule has 0 bridgehead atoms. The average Bonchev–Trinajstić information content (AvgIpc) is 3.16. The van der Waals surface area contributed by atoms with E-state index in [0.717, 1.165) is 16.7 Å². The molecule has 2 aromatic carbocycles. The van der Waals surface area contributed by atoms with Crippen LogP contribution in [0.1, 0.15) is 23.6 Å². The topological polar surface area (TPSA) is 67.8 Å². The molecule has 3 rings (SSSR count). The molecule has 1 atom stereocenters. The monoisotopic (exact) mass is 421 g/mol. The van der Waals surface area contributed by atoms with Crippen LogP contribution in [0.4, 0.5) is 13.2 Å². The van der Waals surface area contributed by atoms with Gasteiger partial charge in [0.15, 0.2) is 0 Å². The quantitative estimate of drug-likeness (QED) is 0.666. The van der Waals surface area contributed by atoms with Crippen LogP contribution in [-0.4, -0.2) is 30.1 Å². The van der Waals surface area contributed by atoms with Crippen molar-refractivity contribution in [2.75, 3.05) is 6.61 Å². The minimum atomic E-state index is -4.76. The number of halogens is 3. The zero-order valence-corrected chi connectivity index (χ0v) is 16.4. The largest absolute Gasteiger partial charge is 0.573 e. The van der Waals surface area contributed by atoms with E-state index in [4.69, 9.17) is 4.74 Å². The van der Waals surface area contributed by atoms with Crippen LogP contribution in [0.25, 0.3) is 11.1 Å². The highest BCUT2D eigenvalue weighted by Crippen LogP contribution is 2.41. The molecule has 2 N–H and O–H groups in total. The first kappa shape index (κ1) is 21.7. The number of carbonyl (C=O) groups excluding carboxylic acids is 1. The molecular formula is C22H22F3NO4. The van der Waals surface area contributed by atoms with Crippen LogP contribution in [-0.2, 0) is 24.2 Å². The van der Waals surface area contributed by atoms with Crippen molar-refractivity contribution in [3.63, 3.8) is 0 Å². The maximum absolute atomic E-state index is 12.4. The van der Waals surface area contributed by atoms with Gasteiger partial charge < -0.3 is 19.9 Å². The second-order valence-corrected chi connectivity index (χ2v) is 7.02. The van der Waals surface area contributed by atoms with Gasteiger partial charge in [-0.2, -0.15) is 0 Å². The lowest BCUT2D eigenvalue weighted by Gasteiger charge is -2.19. The Bertz CT molecular complexity index is 937. The molecule has 1 aliphatic heterocycles. The number of nitrogens with one attached hydrogen (secondary N) is 1. The van der Waals surface area contributed by atoms with E-state index < -0.39 is 12.5 Å². The van der Waals surface area contributed by atoms with Crippen molar-refractivity contribution in [1.29, 1.82) is 0 Å². The maximum Gasteiger partial charge on any atom is 0.573 e. The number of rotatable bonds is 7. The fraction of sp³-hybridized carbons (Fsp3) is 0.318. The van der Waals surface area contributed by atoms with Crippen molar-refractivity contribution in [3.05, 3.63) is 59.7 Å². The first-order valence-corrected chi connectivity index (χ1v) is 9.43. The van der Waals surface area contributed by atoms with E-state index in [2.05, 4.69) is 16.6 Å². The summed E-state index contributed by atoms with van der Waals surface area (Å²) in [6, 6.07) is 7.38. The second-order valence-electron chi connectivity index (χ2n) is 7.02. The van der Waals surface area contributed by atoms with Crippen LogP contribution in [0, 0.1) is 0 Å². The molecule has 0 unspecified atom stereocenters. The molecule has 1 aliphatic rings. The Morgan fingerprint density at radius 1 is 1.37 bits per heavy atom. The van der Waals surface area contributed by atoms with Crippen molar-refractivity contribution in [2.24, 2.45) is 0 Å². The summed E-state index contributed by atoms with van der Waals surface area (Å²) in [6.07, 6.45) is -3.14. The summed E-state index contributed by atoms with van der Waals surface area (Å²) in [5.41, 5.74) is 4.01. The molecule has 0 fully saturated rings. The van der Waals surface area contributed by atoms with E-state index in [-0.39, 0.29) is 18.2 Å². The molecule has 0 aromatic heterocycles. The first-order chi connectivity index (χ1) is 14.2. The standard InChI is InChI=1S/C22H22F3NO4/c1-3-20(28)26-12-15-11-19(14-4-6-16(7-5-14)30-22(23,24)25)21-17(8-9-29-21)18(15)10-13(2)27/h3-7,11,13,27H,1,8-10,12H2,2H3,(H,26,28)/t13-/m1/s1. The predicted octanol–water partition coefficient (Wildman–Crippen LogP) is 3.91.